The highest BCUT2D eigenvalue weighted by Crippen LogP contribution is 2.24. The fourth-order valence-electron chi connectivity index (χ4n) is 1.55. The maximum Gasteiger partial charge on any atom is 0.298 e. The van der Waals surface area contributed by atoms with Gasteiger partial charge in [0.25, 0.3) is 6.47 Å². The Bertz CT molecular complexity index is 607. The number of rotatable bonds is 4. The van der Waals surface area contributed by atoms with Gasteiger partial charge in [0.15, 0.2) is 0 Å². The van der Waals surface area contributed by atoms with E-state index in [1.54, 1.807) is 30.3 Å². The van der Waals surface area contributed by atoms with Crippen LogP contribution in [-0.4, -0.2) is 6.47 Å². The molecule has 2 N–H and O–H groups in total. The molecule has 0 aromatic heterocycles. The van der Waals surface area contributed by atoms with Gasteiger partial charge in [-0.05, 0) is 55.0 Å². The smallest absolute Gasteiger partial charge is 0.298 e. The van der Waals surface area contributed by atoms with Crippen molar-refractivity contribution in [2.24, 2.45) is 10.2 Å². The first-order chi connectivity index (χ1) is 9.19. The van der Waals surface area contributed by atoms with Gasteiger partial charge in [0.2, 0.25) is 0 Å². The van der Waals surface area contributed by atoms with E-state index in [-0.39, 0.29) is 0 Å². The van der Waals surface area contributed by atoms with Crippen molar-refractivity contribution in [1.29, 1.82) is 0 Å². The molecule has 0 bridgehead atoms. The zero-order valence-electron chi connectivity index (χ0n) is 10.4. The minimum Gasteiger partial charge on any atom is -0.429 e. The van der Waals surface area contributed by atoms with E-state index in [0.29, 0.717) is 23.6 Å². The van der Waals surface area contributed by atoms with Crippen LogP contribution < -0.4 is 10.5 Å². The average molecular weight is 255 g/mol. The van der Waals surface area contributed by atoms with Crippen LogP contribution in [0, 0.1) is 6.92 Å². The summed E-state index contributed by atoms with van der Waals surface area (Å²) < 4.78 is 4.69. The van der Waals surface area contributed by atoms with Crippen LogP contribution >= 0.6 is 0 Å². The zero-order valence-corrected chi connectivity index (χ0v) is 10.4. The molecule has 2 aromatic carbocycles. The summed E-state index contributed by atoms with van der Waals surface area (Å²) in [5.74, 6) is 0.470. The zero-order chi connectivity index (χ0) is 13.7. The van der Waals surface area contributed by atoms with E-state index in [4.69, 9.17) is 5.73 Å². The summed E-state index contributed by atoms with van der Waals surface area (Å²) in [5, 5.41) is 8.26. The molecule has 0 atom stereocenters. The lowest BCUT2D eigenvalue weighted by atomic mass is 10.2. The summed E-state index contributed by atoms with van der Waals surface area (Å²) in [4.78, 5) is 10.2. The Morgan fingerprint density at radius 2 is 1.84 bits per heavy atom. The van der Waals surface area contributed by atoms with Gasteiger partial charge in [-0.2, -0.15) is 10.2 Å². The van der Waals surface area contributed by atoms with Gasteiger partial charge in [-0.3, -0.25) is 4.79 Å². The van der Waals surface area contributed by atoms with Crippen molar-refractivity contribution in [3.63, 3.8) is 0 Å². The van der Waals surface area contributed by atoms with Crippen LogP contribution in [0.2, 0.25) is 0 Å². The molecule has 0 saturated carbocycles. The molecule has 19 heavy (non-hydrogen) atoms. The van der Waals surface area contributed by atoms with E-state index >= 15 is 0 Å². The predicted octanol–water partition coefficient (Wildman–Crippen LogP) is 3.53. The molecule has 5 nitrogen and oxygen atoms in total. The van der Waals surface area contributed by atoms with Gasteiger partial charge in [0, 0.05) is 5.69 Å². The largest absolute Gasteiger partial charge is 0.429 e. The first-order valence-electron chi connectivity index (χ1n) is 5.67. The molecule has 0 fully saturated rings. The van der Waals surface area contributed by atoms with Crippen molar-refractivity contribution in [3.8, 4) is 5.75 Å². The van der Waals surface area contributed by atoms with Crippen LogP contribution in [-0.2, 0) is 4.79 Å². The number of anilines is 1. The van der Waals surface area contributed by atoms with Gasteiger partial charge in [0.05, 0.1) is 11.4 Å². The molecule has 0 aliphatic rings. The molecular formula is C14H13N3O2. The Morgan fingerprint density at radius 1 is 1.11 bits per heavy atom. The second-order valence-corrected chi connectivity index (χ2v) is 3.95. The van der Waals surface area contributed by atoms with Crippen LogP contribution in [0.1, 0.15) is 5.56 Å². The third kappa shape index (κ3) is 3.38. The number of benzene rings is 2. The molecule has 0 unspecified atom stereocenters. The van der Waals surface area contributed by atoms with Gasteiger partial charge < -0.3 is 10.5 Å². The average Bonchev–Trinajstić information content (AvgIpc) is 2.40. The van der Waals surface area contributed by atoms with Crippen LogP contribution in [0.5, 0.6) is 5.75 Å². The van der Waals surface area contributed by atoms with E-state index in [0.717, 1.165) is 11.3 Å². The number of nitrogens with zero attached hydrogens (tertiary/aromatic N) is 2. The first-order valence-corrected chi connectivity index (χ1v) is 5.67. The third-order valence-corrected chi connectivity index (χ3v) is 2.51. The van der Waals surface area contributed by atoms with E-state index < -0.39 is 0 Å². The Hall–Kier alpha value is -2.69. The minimum absolute atomic E-state index is 0.383. The second-order valence-electron chi connectivity index (χ2n) is 3.95. The summed E-state index contributed by atoms with van der Waals surface area (Å²) >= 11 is 0. The lowest BCUT2D eigenvalue weighted by Gasteiger charge is -2.00. The fourth-order valence-corrected chi connectivity index (χ4v) is 1.55. The van der Waals surface area contributed by atoms with Crippen molar-refractivity contribution in [1.82, 2.24) is 0 Å². The molecule has 0 radical (unpaired) electrons. The topological polar surface area (TPSA) is 77.0 Å². The highest BCUT2D eigenvalue weighted by Gasteiger charge is 1.97. The molecular weight excluding hydrogens is 242 g/mol. The number of aryl methyl sites for hydroxylation is 1. The lowest BCUT2D eigenvalue weighted by molar-refractivity contribution is -0.120. The molecule has 2 aromatic rings. The molecule has 0 saturated heterocycles. The monoisotopic (exact) mass is 255 g/mol. The maximum absolute atomic E-state index is 10.2. The van der Waals surface area contributed by atoms with Crippen LogP contribution in [0.3, 0.4) is 0 Å². The van der Waals surface area contributed by atoms with Gasteiger partial charge >= 0.3 is 0 Å². The van der Waals surface area contributed by atoms with Gasteiger partial charge in [-0.15, -0.1) is 0 Å². The van der Waals surface area contributed by atoms with E-state index in [9.17, 15) is 4.79 Å². The van der Waals surface area contributed by atoms with Gasteiger partial charge in [-0.25, -0.2) is 0 Å². The Labute approximate surface area is 110 Å². The van der Waals surface area contributed by atoms with Crippen molar-refractivity contribution in [2.45, 2.75) is 6.92 Å². The SMILES string of the molecule is Cc1cc(N)ccc1N=Nc1ccc(OC=O)cc1. The molecule has 0 spiro atoms. The molecule has 96 valence electrons. The Kier molecular flexibility index (Phi) is 3.87. The summed E-state index contributed by atoms with van der Waals surface area (Å²) in [6, 6.07) is 12.2. The van der Waals surface area contributed by atoms with E-state index in [1.807, 2.05) is 19.1 Å². The Balaban J connectivity index is 2.15. The number of hydrogen-bond acceptors (Lipinski definition) is 5. The van der Waals surface area contributed by atoms with E-state index in [1.165, 1.54) is 0 Å². The van der Waals surface area contributed by atoms with Crippen molar-refractivity contribution in [2.75, 3.05) is 5.73 Å². The summed E-state index contributed by atoms with van der Waals surface area (Å²) in [6.07, 6.45) is 0. The van der Waals surface area contributed by atoms with Gasteiger partial charge in [0.1, 0.15) is 5.75 Å². The minimum atomic E-state index is 0.383. The molecule has 2 rings (SSSR count). The number of ether oxygens (including phenoxy) is 1. The van der Waals surface area contributed by atoms with Crippen molar-refractivity contribution in [3.05, 3.63) is 48.0 Å². The quantitative estimate of drug-likeness (QED) is 0.515. The van der Waals surface area contributed by atoms with E-state index in [2.05, 4.69) is 15.0 Å². The highest BCUT2D eigenvalue weighted by atomic mass is 16.5. The number of hydrogen-bond donors (Lipinski definition) is 1. The molecule has 0 aliphatic carbocycles. The molecule has 0 amide bonds. The second kappa shape index (κ2) is 5.77. The normalized spacial score (nSPS) is 10.6. The lowest BCUT2D eigenvalue weighted by Crippen LogP contribution is -1.86. The van der Waals surface area contributed by atoms with Gasteiger partial charge in [-0.1, -0.05) is 0 Å². The molecule has 0 aliphatic heterocycles. The van der Waals surface area contributed by atoms with Crippen LogP contribution in [0.15, 0.2) is 52.7 Å². The number of nitrogens with two attached hydrogens (primary N) is 1. The highest BCUT2D eigenvalue weighted by molar-refractivity contribution is 5.54. The maximum atomic E-state index is 10.2. The number of carbonyl (C=O) groups excluding carboxylic acids is 1. The van der Waals surface area contributed by atoms with Crippen LogP contribution in [0.25, 0.3) is 0 Å². The number of nitrogen functional groups attached to an aromatic ring is 1. The van der Waals surface area contributed by atoms with Crippen molar-refractivity contribution >= 4 is 23.5 Å². The summed E-state index contributed by atoms with van der Waals surface area (Å²) in [6.45, 7) is 2.31. The summed E-state index contributed by atoms with van der Waals surface area (Å²) in [7, 11) is 0. The molecule has 0 heterocycles. The first kappa shape index (κ1) is 12.8. The predicted molar refractivity (Wildman–Crippen MR) is 72.9 cm³/mol. The third-order valence-electron chi connectivity index (χ3n) is 2.51. The summed E-state index contributed by atoms with van der Waals surface area (Å²) in [5.41, 5.74) is 8.77. The van der Waals surface area contributed by atoms with Crippen molar-refractivity contribution < 1.29 is 9.53 Å². The standard InChI is InChI=1S/C14H13N3O2/c1-10-8-11(15)2-7-14(10)17-16-12-3-5-13(6-4-12)19-9-18/h2-9H,15H2,1H3. The molecule has 5 heteroatoms. The number of azo groups is 1. The fraction of sp³-hybridized carbons (Fsp3) is 0.0714. The Morgan fingerprint density at radius 3 is 2.47 bits per heavy atom. The number of carbonyl (C=O) groups is 1. The van der Waals surface area contributed by atoms with Crippen LogP contribution in [0.4, 0.5) is 17.1 Å².